The van der Waals surface area contributed by atoms with Gasteiger partial charge in [0.15, 0.2) is 0 Å². The quantitative estimate of drug-likeness (QED) is 0.244. The molecule has 0 bridgehead atoms. The Bertz CT molecular complexity index is 720. The van der Waals surface area contributed by atoms with E-state index >= 15 is 0 Å². The van der Waals surface area contributed by atoms with Crippen LogP contribution in [-0.4, -0.2) is 5.75 Å². The molecule has 0 radical (unpaired) electrons. The fraction of sp³-hybridized carbons (Fsp3) is 0.571. The van der Waals surface area contributed by atoms with Crippen molar-refractivity contribution >= 4 is 11.8 Å². The highest BCUT2D eigenvalue weighted by Crippen LogP contribution is 2.58. The van der Waals surface area contributed by atoms with Crippen LogP contribution in [0.5, 0.6) is 0 Å². The summed E-state index contributed by atoms with van der Waals surface area (Å²) in [6.07, 6.45) is 16.4. The Kier molecular flexibility index (Phi) is 9.34. The highest BCUT2D eigenvalue weighted by molar-refractivity contribution is 7.99. The van der Waals surface area contributed by atoms with Crippen molar-refractivity contribution in [2.24, 2.45) is 10.8 Å². The van der Waals surface area contributed by atoms with Crippen molar-refractivity contribution in [2.45, 2.75) is 91.4 Å². The molecule has 1 fully saturated rings. The smallest absolute Gasteiger partial charge is 0.0163 e. The van der Waals surface area contributed by atoms with Crippen molar-refractivity contribution < 1.29 is 0 Å². The van der Waals surface area contributed by atoms with Gasteiger partial charge in [0.1, 0.15) is 0 Å². The number of allylic oxidation sites excluding steroid dienone is 5. The summed E-state index contributed by atoms with van der Waals surface area (Å²) >= 11 is 1.93. The molecule has 1 aromatic carbocycles. The van der Waals surface area contributed by atoms with Crippen molar-refractivity contribution in [3.05, 3.63) is 65.3 Å². The molecule has 29 heavy (non-hydrogen) atoms. The van der Waals surface area contributed by atoms with Gasteiger partial charge in [-0.15, -0.1) is 11.8 Å². The van der Waals surface area contributed by atoms with Crippen molar-refractivity contribution in [3.63, 3.8) is 0 Å². The Labute approximate surface area is 185 Å². The van der Waals surface area contributed by atoms with Gasteiger partial charge >= 0.3 is 0 Å². The Morgan fingerprint density at radius 1 is 1.07 bits per heavy atom. The van der Waals surface area contributed by atoms with Crippen LogP contribution in [0.15, 0.2) is 70.2 Å². The van der Waals surface area contributed by atoms with Gasteiger partial charge in [0.2, 0.25) is 0 Å². The van der Waals surface area contributed by atoms with Crippen molar-refractivity contribution in [1.29, 1.82) is 0 Å². The van der Waals surface area contributed by atoms with E-state index in [0.717, 1.165) is 5.75 Å². The minimum absolute atomic E-state index is 0.320. The first kappa shape index (κ1) is 24.1. The molecule has 2 rings (SSSR count). The second-order valence-electron chi connectivity index (χ2n) is 9.32. The third-order valence-corrected chi connectivity index (χ3v) is 8.08. The summed E-state index contributed by atoms with van der Waals surface area (Å²) in [6, 6.07) is 10.7. The number of benzene rings is 1. The molecule has 0 spiro atoms. The largest absolute Gasteiger partial charge is 0.122 e. The number of rotatable bonds is 12. The summed E-state index contributed by atoms with van der Waals surface area (Å²) in [5, 5.41) is 0. The van der Waals surface area contributed by atoms with E-state index in [1.165, 1.54) is 55.4 Å². The molecule has 0 N–H and O–H groups in total. The standard InChI is InChI=1S/C28H42S/c1-7-27(6,24(5)18-21-29-26-16-10-9-11-17-26)19-13-15-25-22-28(25,8-2)20-12-14-23(3)4/h9-11,14-18H,7-8,12-13,19-22H2,1-6H3/b24-18+,25-15+. The van der Waals surface area contributed by atoms with Gasteiger partial charge in [-0.25, -0.2) is 0 Å². The molecule has 0 heterocycles. The predicted molar refractivity (Wildman–Crippen MR) is 133 cm³/mol. The maximum absolute atomic E-state index is 2.59. The minimum Gasteiger partial charge on any atom is -0.122 e. The first-order valence-corrected chi connectivity index (χ1v) is 12.5. The predicted octanol–water partition coefficient (Wildman–Crippen LogP) is 9.39. The Balaban J connectivity index is 1.87. The molecular formula is C28H42S. The number of hydrogen-bond donors (Lipinski definition) is 0. The van der Waals surface area contributed by atoms with E-state index in [1.807, 2.05) is 11.8 Å². The second-order valence-corrected chi connectivity index (χ2v) is 10.4. The fourth-order valence-electron chi connectivity index (χ4n) is 4.27. The average molecular weight is 411 g/mol. The molecule has 0 aliphatic heterocycles. The molecule has 0 aromatic heterocycles. The van der Waals surface area contributed by atoms with E-state index in [2.05, 4.69) is 90.1 Å². The van der Waals surface area contributed by atoms with Gasteiger partial charge in [-0.3, -0.25) is 0 Å². The van der Waals surface area contributed by atoms with Crippen molar-refractivity contribution in [2.75, 3.05) is 5.75 Å². The molecule has 0 amide bonds. The maximum atomic E-state index is 2.59. The zero-order valence-electron chi connectivity index (χ0n) is 19.7. The van der Waals surface area contributed by atoms with Crippen LogP contribution >= 0.6 is 11.8 Å². The maximum Gasteiger partial charge on any atom is 0.0163 e. The summed E-state index contributed by atoms with van der Waals surface area (Å²) in [6.45, 7) is 13.9. The molecule has 1 aliphatic carbocycles. The van der Waals surface area contributed by atoms with Crippen LogP contribution in [0.2, 0.25) is 0 Å². The highest BCUT2D eigenvalue weighted by atomic mass is 32.2. The molecule has 160 valence electrons. The summed E-state index contributed by atoms with van der Waals surface area (Å²) in [5.41, 5.74) is 5.60. The number of thioether (sulfide) groups is 1. The molecule has 0 nitrogen and oxygen atoms in total. The summed E-state index contributed by atoms with van der Waals surface area (Å²) < 4.78 is 0. The average Bonchev–Trinajstić information content (AvgIpc) is 3.41. The SMILES string of the molecule is CCC(C)(CC/C=C1\CC1(CC)CCC=C(C)C)/C(C)=C/CSc1ccccc1. The van der Waals surface area contributed by atoms with Gasteiger partial charge in [-0.2, -0.15) is 0 Å². The molecule has 1 saturated carbocycles. The summed E-state index contributed by atoms with van der Waals surface area (Å²) in [4.78, 5) is 1.36. The van der Waals surface area contributed by atoms with Crippen LogP contribution in [0.25, 0.3) is 0 Å². The molecular weight excluding hydrogens is 368 g/mol. The van der Waals surface area contributed by atoms with Gasteiger partial charge in [0.05, 0.1) is 0 Å². The first-order valence-electron chi connectivity index (χ1n) is 11.5. The third-order valence-electron chi connectivity index (χ3n) is 7.14. The molecule has 1 aliphatic rings. The monoisotopic (exact) mass is 410 g/mol. The normalized spacial score (nSPS) is 22.4. The van der Waals surface area contributed by atoms with Crippen LogP contribution in [0.4, 0.5) is 0 Å². The molecule has 0 saturated heterocycles. The molecule has 2 unspecified atom stereocenters. The van der Waals surface area contributed by atoms with Gasteiger partial charge in [0.25, 0.3) is 0 Å². The lowest BCUT2D eigenvalue weighted by Gasteiger charge is -2.29. The lowest BCUT2D eigenvalue weighted by atomic mass is 9.76. The summed E-state index contributed by atoms with van der Waals surface area (Å²) in [5.74, 6) is 1.07. The van der Waals surface area contributed by atoms with Gasteiger partial charge in [-0.05, 0) is 88.7 Å². The summed E-state index contributed by atoms with van der Waals surface area (Å²) in [7, 11) is 0. The number of hydrogen-bond acceptors (Lipinski definition) is 1. The van der Waals surface area contributed by atoms with Gasteiger partial charge < -0.3 is 0 Å². The lowest BCUT2D eigenvalue weighted by molar-refractivity contribution is 0.353. The van der Waals surface area contributed by atoms with Crippen molar-refractivity contribution in [1.82, 2.24) is 0 Å². The van der Waals surface area contributed by atoms with Crippen LogP contribution in [-0.2, 0) is 0 Å². The van der Waals surface area contributed by atoms with E-state index in [0.29, 0.717) is 10.8 Å². The third kappa shape index (κ3) is 7.21. The fourth-order valence-corrected chi connectivity index (χ4v) is 5.14. The van der Waals surface area contributed by atoms with E-state index in [9.17, 15) is 0 Å². The second kappa shape index (κ2) is 11.3. The topological polar surface area (TPSA) is 0 Å². The zero-order valence-corrected chi connectivity index (χ0v) is 20.5. The first-order chi connectivity index (χ1) is 13.8. The van der Waals surface area contributed by atoms with E-state index in [4.69, 9.17) is 0 Å². The van der Waals surface area contributed by atoms with Crippen LogP contribution in [0.1, 0.15) is 86.5 Å². The van der Waals surface area contributed by atoms with Crippen LogP contribution in [0.3, 0.4) is 0 Å². The molecule has 1 aromatic rings. The van der Waals surface area contributed by atoms with E-state index in [1.54, 1.807) is 11.1 Å². The molecule has 1 heteroatoms. The lowest BCUT2D eigenvalue weighted by Crippen LogP contribution is -2.16. The Hall–Kier alpha value is -1.21. The Morgan fingerprint density at radius 2 is 1.79 bits per heavy atom. The van der Waals surface area contributed by atoms with E-state index < -0.39 is 0 Å². The van der Waals surface area contributed by atoms with Crippen molar-refractivity contribution in [3.8, 4) is 0 Å². The highest BCUT2D eigenvalue weighted by Gasteiger charge is 2.45. The van der Waals surface area contributed by atoms with Crippen LogP contribution in [0, 0.1) is 10.8 Å². The van der Waals surface area contributed by atoms with Gasteiger partial charge in [-0.1, -0.05) is 73.9 Å². The van der Waals surface area contributed by atoms with Crippen LogP contribution < -0.4 is 0 Å². The zero-order chi connectivity index (χ0) is 21.3. The Morgan fingerprint density at radius 3 is 2.41 bits per heavy atom. The van der Waals surface area contributed by atoms with Gasteiger partial charge in [0, 0.05) is 10.6 Å². The minimum atomic E-state index is 0.320. The molecule has 2 atom stereocenters. The van der Waals surface area contributed by atoms with E-state index in [-0.39, 0.29) is 0 Å².